The van der Waals surface area contributed by atoms with Crippen molar-refractivity contribution in [3.63, 3.8) is 0 Å². The van der Waals surface area contributed by atoms with E-state index in [9.17, 15) is 0 Å². The van der Waals surface area contributed by atoms with Crippen LogP contribution in [0.25, 0.3) is 22.3 Å². The van der Waals surface area contributed by atoms with Crippen molar-refractivity contribution < 1.29 is 18.9 Å². The number of hydrogen-bond donors (Lipinski definition) is 1. The minimum Gasteiger partial charge on any atom is -0.458 e. The number of para-hydroxylation sites is 4. The molecule has 18 rings (SSSR count). The van der Waals surface area contributed by atoms with Gasteiger partial charge in [-0.3, -0.25) is 0 Å². The van der Waals surface area contributed by atoms with Crippen molar-refractivity contribution in [1.29, 1.82) is 0 Å². The van der Waals surface area contributed by atoms with E-state index < -0.39 is 0 Å². The summed E-state index contributed by atoms with van der Waals surface area (Å²) in [6, 6.07) is 75.6. The number of nitrogens with zero attached hydrogens (tertiary/aromatic N) is 2. The molecule has 91 heavy (non-hydrogen) atoms. The molecule has 0 fully saturated rings. The lowest BCUT2D eigenvalue weighted by atomic mass is 9.30. The largest absolute Gasteiger partial charge is 0.458 e. The molecule has 7 nitrogen and oxygen atoms in total. The van der Waals surface area contributed by atoms with Gasteiger partial charge in [-0.25, -0.2) is 0 Å². The van der Waals surface area contributed by atoms with Gasteiger partial charge in [0.2, 0.25) is 0 Å². The Labute approximate surface area is 532 Å². The molecule has 0 unspecified atom stereocenters. The number of aryl methyl sites for hydroxylation is 9. The molecule has 6 aliphatic rings. The summed E-state index contributed by atoms with van der Waals surface area (Å²) in [4.78, 5) is 4.83. The van der Waals surface area contributed by atoms with Crippen LogP contribution in [0.2, 0.25) is 0 Å². The fraction of sp³-hybridized carbons (Fsp3) is 0.111. The van der Waals surface area contributed by atoms with Crippen LogP contribution in [0, 0.1) is 62.3 Å². The van der Waals surface area contributed by atoms with Crippen molar-refractivity contribution >= 4 is 115 Å². The van der Waals surface area contributed by atoms with Crippen molar-refractivity contribution in [2.75, 3.05) is 15.1 Å². The molecule has 0 bridgehead atoms. The molecule has 0 spiro atoms. The van der Waals surface area contributed by atoms with Gasteiger partial charge in [0.15, 0.2) is 0 Å². The number of rotatable bonds is 6. The van der Waals surface area contributed by atoms with Gasteiger partial charge in [-0.05, 0) is 222 Å². The Hall–Kier alpha value is -10.6. The van der Waals surface area contributed by atoms with E-state index in [-0.39, 0.29) is 20.1 Å². The third-order valence-electron chi connectivity index (χ3n) is 20.0. The summed E-state index contributed by atoms with van der Waals surface area (Å²) in [6.45, 7) is 19.3. The second-order valence-corrected chi connectivity index (χ2v) is 26.2. The van der Waals surface area contributed by atoms with E-state index in [1.165, 1.54) is 66.7 Å². The Kier molecular flexibility index (Phi) is 11.6. The summed E-state index contributed by atoms with van der Waals surface area (Å²) in [5, 5.41) is 4.03. The van der Waals surface area contributed by atoms with E-state index in [1.54, 1.807) is 0 Å². The lowest BCUT2D eigenvalue weighted by Gasteiger charge is -2.43. The minimum absolute atomic E-state index is 0.136. The first kappa shape index (κ1) is 53.5. The lowest BCUT2D eigenvalue weighted by molar-refractivity contribution is 0.465. The Balaban J connectivity index is 0.900. The summed E-state index contributed by atoms with van der Waals surface area (Å²) in [7, 11) is 0. The van der Waals surface area contributed by atoms with Gasteiger partial charge in [0.1, 0.15) is 46.0 Å². The van der Waals surface area contributed by atoms with Gasteiger partial charge in [-0.15, -0.1) is 0 Å². The van der Waals surface area contributed by atoms with Gasteiger partial charge in [-0.2, -0.15) is 0 Å². The van der Waals surface area contributed by atoms with Crippen molar-refractivity contribution in [3.8, 4) is 68.2 Å². The molecule has 0 atom stereocenters. The zero-order chi connectivity index (χ0) is 61.4. The molecule has 12 aromatic rings. The predicted molar refractivity (Wildman–Crippen MR) is 379 cm³/mol. The van der Waals surface area contributed by atoms with Crippen molar-refractivity contribution in [1.82, 2.24) is 0 Å². The maximum atomic E-state index is 7.69. The van der Waals surface area contributed by atoms with Crippen molar-refractivity contribution in [3.05, 3.63) is 256 Å². The fourth-order valence-corrected chi connectivity index (χ4v) is 16.8. The molecular formula is C81H62B3N3O4. The first-order chi connectivity index (χ1) is 44.3. The van der Waals surface area contributed by atoms with Crippen LogP contribution in [0.1, 0.15) is 50.1 Å². The minimum atomic E-state index is -0.308. The monoisotopic (exact) mass is 1170 g/mol. The average Bonchev–Trinajstić information content (AvgIpc) is 0.704. The Bertz CT molecular complexity index is 5090. The summed E-state index contributed by atoms with van der Waals surface area (Å²) >= 11 is 0. The summed E-state index contributed by atoms with van der Waals surface area (Å²) < 4.78 is 29.5. The van der Waals surface area contributed by atoms with E-state index in [4.69, 9.17) is 18.9 Å². The zero-order valence-electron chi connectivity index (χ0n) is 52.4. The Morgan fingerprint density at radius 3 is 1.31 bits per heavy atom. The molecule has 434 valence electrons. The van der Waals surface area contributed by atoms with Gasteiger partial charge < -0.3 is 34.1 Å². The van der Waals surface area contributed by atoms with Crippen LogP contribution in [0.3, 0.4) is 0 Å². The van der Waals surface area contributed by atoms with Gasteiger partial charge in [0.05, 0.1) is 11.4 Å². The van der Waals surface area contributed by atoms with Crippen LogP contribution in [-0.2, 0) is 0 Å². The standard InChI is InChI=1S/C81H62B3N3O4/c1-44-28-47(4)76(48(5)29-44)53-34-65-78-72(36-53)88-68-26-18-16-24-58(68)82(78)60-40-62-70(42-64(60)85-65)90-74-38-57(86(55-20-12-10-13-21-55)56-22-14-11-15-23-56)39-75-80(74)84(62)63-41-61-66(43-71(63)91-75)87(81-51(8)32-46(3)33-52(81)9)67-35-54(77-49(6)30-45(2)31-50(77)7)37-73-79(67)83(61)59-25-17-19-27-69(59)89-73/h10-43,85H,1-9H3. The predicted octanol–water partition coefficient (Wildman–Crippen LogP) is 15.1. The molecule has 10 heteroatoms. The molecule has 6 heterocycles. The van der Waals surface area contributed by atoms with E-state index in [1.807, 2.05) is 0 Å². The highest BCUT2D eigenvalue weighted by Crippen LogP contribution is 2.50. The first-order valence-corrected chi connectivity index (χ1v) is 31.8. The van der Waals surface area contributed by atoms with Crippen LogP contribution in [0.15, 0.2) is 206 Å². The number of nitrogens with one attached hydrogen (secondary N) is 1. The number of hydrogen-bond acceptors (Lipinski definition) is 7. The molecule has 0 aliphatic carbocycles. The van der Waals surface area contributed by atoms with Gasteiger partial charge in [0.25, 0.3) is 20.1 Å². The second kappa shape index (κ2) is 19.7. The number of ether oxygens (including phenoxy) is 4. The maximum Gasteiger partial charge on any atom is 0.260 e. The molecule has 0 amide bonds. The molecule has 0 saturated carbocycles. The summed E-state index contributed by atoms with van der Waals surface area (Å²) in [5.41, 5.74) is 34.1. The average molecular weight is 1170 g/mol. The van der Waals surface area contributed by atoms with Gasteiger partial charge in [-0.1, -0.05) is 138 Å². The molecule has 0 radical (unpaired) electrons. The smallest absolute Gasteiger partial charge is 0.260 e. The lowest BCUT2D eigenvalue weighted by Crippen LogP contribution is -2.64. The van der Waals surface area contributed by atoms with Crippen LogP contribution in [-0.4, -0.2) is 20.1 Å². The number of benzene rings is 12. The van der Waals surface area contributed by atoms with Crippen molar-refractivity contribution in [2.24, 2.45) is 0 Å². The summed E-state index contributed by atoms with van der Waals surface area (Å²) in [5.74, 6) is 6.54. The number of anilines is 8. The molecule has 12 aromatic carbocycles. The highest BCUT2D eigenvalue weighted by molar-refractivity contribution is 7.03. The Morgan fingerprint density at radius 1 is 0.308 bits per heavy atom. The van der Waals surface area contributed by atoms with Crippen LogP contribution < -0.4 is 83.2 Å². The molecular weight excluding hydrogens is 1110 g/mol. The third kappa shape index (κ3) is 8.04. The quantitative estimate of drug-likeness (QED) is 0.167. The maximum absolute atomic E-state index is 7.69. The SMILES string of the molecule is Cc1cc(C)c(-c2cc3c4c(c2)Oc2ccccc2B4c2cc4c(cc2N3)Oc2cc(N(c3ccccc3)c3ccccc3)cc3c2B4c2cc4c(cc2O3)N(c2c(C)cc(C)cc2C)c2cc(-c3c(C)cc(C)cc3C)cc3c2B4c2ccccc2O3)c(C)c1. The van der Waals surface area contributed by atoms with Crippen molar-refractivity contribution in [2.45, 2.75) is 62.3 Å². The fourth-order valence-electron chi connectivity index (χ4n) is 16.8. The molecule has 1 N–H and O–H groups in total. The summed E-state index contributed by atoms with van der Waals surface area (Å²) in [6.07, 6.45) is 0. The van der Waals surface area contributed by atoms with Crippen LogP contribution in [0.4, 0.5) is 45.5 Å². The highest BCUT2D eigenvalue weighted by atomic mass is 16.5. The molecule has 0 aromatic heterocycles. The topological polar surface area (TPSA) is 55.4 Å². The normalized spacial score (nSPS) is 13.5. The van der Waals surface area contributed by atoms with E-state index >= 15 is 0 Å². The third-order valence-corrected chi connectivity index (χ3v) is 20.0. The van der Waals surface area contributed by atoms with E-state index in [0.717, 1.165) is 146 Å². The van der Waals surface area contributed by atoms with Gasteiger partial charge >= 0.3 is 0 Å². The van der Waals surface area contributed by atoms with Crippen LogP contribution in [0.5, 0.6) is 46.0 Å². The number of fused-ring (bicyclic) bond motifs is 12. The second-order valence-electron chi connectivity index (χ2n) is 26.2. The first-order valence-electron chi connectivity index (χ1n) is 31.8. The van der Waals surface area contributed by atoms with Crippen LogP contribution >= 0.6 is 0 Å². The highest BCUT2D eigenvalue weighted by Gasteiger charge is 2.49. The van der Waals surface area contributed by atoms with E-state index in [2.05, 4.69) is 284 Å². The molecule has 0 saturated heterocycles. The Morgan fingerprint density at radius 2 is 0.747 bits per heavy atom. The molecule has 6 aliphatic heterocycles. The van der Waals surface area contributed by atoms with E-state index in [0.29, 0.717) is 0 Å². The van der Waals surface area contributed by atoms with Gasteiger partial charge in [0, 0.05) is 63.9 Å². The zero-order valence-corrected chi connectivity index (χ0v) is 52.4.